The average Bonchev–Trinajstić information content (AvgIpc) is 2.63. The highest BCUT2D eigenvalue weighted by Gasteiger charge is 2.19. The maximum absolute atomic E-state index is 7.51. The minimum atomic E-state index is 0.558. The van der Waals surface area contributed by atoms with Gasteiger partial charge in [-0.3, -0.25) is 0 Å². The lowest BCUT2D eigenvalue weighted by atomic mass is 10.1. The zero-order chi connectivity index (χ0) is 9.80. The summed E-state index contributed by atoms with van der Waals surface area (Å²) < 4.78 is 5.64. The van der Waals surface area contributed by atoms with E-state index in [4.69, 9.17) is 10.1 Å². The summed E-state index contributed by atoms with van der Waals surface area (Å²) in [6.07, 6.45) is 3.00. The lowest BCUT2D eigenvalue weighted by Gasteiger charge is -2.10. The molecule has 0 radical (unpaired) electrons. The summed E-state index contributed by atoms with van der Waals surface area (Å²) in [5.41, 5.74) is 0.881. The van der Waals surface area contributed by atoms with Crippen molar-refractivity contribution in [2.75, 3.05) is 6.61 Å². The second-order valence-corrected chi connectivity index (χ2v) is 3.84. The van der Waals surface area contributed by atoms with Gasteiger partial charge in [0.05, 0.1) is 6.61 Å². The predicted molar refractivity (Wildman–Crippen MR) is 57.0 cm³/mol. The molecule has 14 heavy (non-hydrogen) atoms. The summed E-state index contributed by atoms with van der Waals surface area (Å²) in [5, 5.41) is 7.51. The van der Waals surface area contributed by atoms with Gasteiger partial charge in [0, 0.05) is 5.71 Å². The van der Waals surface area contributed by atoms with E-state index in [9.17, 15) is 0 Å². The molecule has 0 bridgehead atoms. The number of ether oxygens (including phenoxy) is 1. The van der Waals surface area contributed by atoms with Gasteiger partial charge in [0.15, 0.2) is 0 Å². The van der Waals surface area contributed by atoms with Crippen LogP contribution in [0.4, 0.5) is 0 Å². The van der Waals surface area contributed by atoms with E-state index in [0.717, 1.165) is 37.3 Å². The maximum atomic E-state index is 7.51. The van der Waals surface area contributed by atoms with Crippen molar-refractivity contribution in [2.24, 2.45) is 5.92 Å². The number of hydrogen-bond donors (Lipinski definition) is 1. The van der Waals surface area contributed by atoms with E-state index in [2.05, 4.69) is 0 Å². The van der Waals surface area contributed by atoms with Crippen LogP contribution >= 0.6 is 0 Å². The Balaban J connectivity index is 1.80. The van der Waals surface area contributed by atoms with Gasteiger partial charge in [0.2, 0.25) is 0 Å². The smallest absolute Gasteiger partial charge is 0.119 e. The molecule has 0 amide bonds. The molecule has 1 N–H and O–H groups in total. The molecule has 0 spiro atoms. The number of rotatable bonds is 3. The summed E-state index contributed by atoms with van der Waals surface area (Å²) in [7, 11) is 0. The van der Waals surface area contributed by atoms with Crippen molar-refractivity contribution in [1.29, 1.82) is 5.41 Å². The van der Waals surface area contributed by atoms with Gasteiger partial charge in [0.25, 0.3) is 0 Å². The fraction of sp³-hybridized carbons (Fsp3) is 0.417. The molecular weight excluding hydrogens is 174 g/mol. The quantitative estimate of drug-likeness (QED) is 0.779. The third-order valence-corrected chi connectivity index (χ3v) is 2.62. The summed E-state index contributed by atoms with van der Waals surface area (Å²) >= 11 is 0. The van der Waals surface area contributed by atoms with Gasteiger partial charge in [-0.05, 0) is 37.3 Å². The molecule has 1 fully saturated rings. The fourth-order valence-corrected chi connectivity index (χ4v) is 1.80. The van der Waals surface area contributed by atoms with Crippen LogP contribution in [0.2, 0.25) is 0 Å². The highest BCUT2D eigenvalue weighted by atomic mass is 16.5. The molecule has 0 aliphatic heterocycles. The molecule has 2 rings (SSSR count). The first kappa shape index (κ1) is 9.25. The Morgan fingerprint density at radius 1 is 1.29 bits per heavy atom. The summed E-state index contributed by atoms with van der Waals surface area (Å²) in [6.45, 7) is 0.756. The van der Waals surface area contributed by atoms with Crippen molar-refractivity contribution < 1.29 is 4.74 Å². The Labute approximate surface area is 84.4 Å². The molecular formula is C12H15NO. The first-order chi connectivity index (χ1) is 6.84. The topological polar surface area (TPSA) is 33.1 Å². The Morgan fingerprint density at radius 2 is 2.07 bits per heavy atom. The first-order valence-electron chi connectivity index (χ1n) is 5.09. The van der Waals surface area contributed by atoms with Crippen molar-refractivity contribution in [3.05, 3.63) is 30.3 Å². The molecule has 2 heteroatoms. The average molecular weight is 189 g/mol. The van der Waals surface area contributed by atoms with Gasteiger partial charge in [0.1, 0.15) is 5.75 Å². The van der Waals surface area contributed by atoms with Crippen molar-refractivity contribution in [2.45, 2.75) is 19.3 Å². The van der Waals surface area contributed by atoms with Crippen LogP contribution in [0.15, 0.2) is 30.3 Å². The van der Waals surface area contributed by atoms with Gasteiger partial charge in [-0.25, -0.2) is 0 Å². The van der Waals surface area contributed by atoms with Gasteiger partial charge in [-0.2, -0.15) is 0 Å². The van der Waals surface area contributed by atoms with Crippen LogP contribution in [-0.2, 0) is 0 Å². The standard InChI is InChI=1S/C12H15NO/c13-11-7-6-10(8-11)9-14-12-4-2-1-3-5-12/h1-5,10,13H,6-9H2. The van der Waals surface area contributed by atoms with Crippen LogP contribution in [-0.4, -0.2) is 12.3 Å². The summed E-state index contributed by atoms with van der Waals surface area (Å²) in [6, 6.07) is 9.89. The SMILES string of the molecule is N=C1CCC(COc2ccccc2)C1. The van der Waals surface area contributed by atoms with E-state index in [0.29, 0.717) is 5.92 Å². The van der Waals surface area contributed by atoms with Crippen LogP contribution in [0.3, 0.4) is 0 Å². The summed E-state index contributed by atoms with van der Waals surface area (Å²) in [4.78, 5) is 0. The third kappa shape index (κ3) is 2.34. The van der Waals surface area contributed by atoms with E-state index < -0.39 is 0 Å². The molecule has 1 aliphatic rings. The Bertz CT molecular complexity index is 307. The number of hydrogen-bond acceptors (Lipinski definition) is 2. The van der Waals surface area contributed by atoms with Crippen LogP contribution in [0.5, 0.6) is 5.75 Å². The van der Waals surface area contributed by atoms with Gasteiger partial charge in [-0.1, -0.05) is 18.2 Å². The van der Waals surface area contributed by atoms with E-state index in [-0.39, 0.29) is 0 Å². The normalized spacial score (nSPS) is 21.1. The molecule has 1 aromatic rings. The Kier molecular flexibility index (Phi) is 2.82. The lowest BCUT2D eigenvalue weighted by molar-refractivity contribution is 0.255. The Morgan fingerprint density at radius 3 is 2.71 bits per heavy atom. The third-order valence-electron chi connectivity index (χ3n) is 2.62. The van der Waals surface area contributed by atoms with Crippen LogP contribution < -0.4 is 4.74 Å². The second-order valence-electron chi connectivity index (χ2n) is 3.84. The monoisotopic (exact) mass is 189 g/mol. The minimum absolute atomic E-state index is 0.558. The van der Waals surface area contributed by atoms with Crippen LogP contribution in [0, 0.1) is 11.3 Å². The molecule has 2 nitrogen and oxygen atoms in total. The first-order valence-corrected chi connectivity index (χ1v) is 5.09. The van der Waals surface area contributed by atoms with Gasteiger partial charge in [-0.15, -0.1) is 0 Å². The molecule has 1 atom stereocenters. The van der Waals surface area contributed by atoms with Crippen molar-refractivity contribution in [3.8, 4) is 5.75 Å². The molecule has 1 unspecified atom stereocenters. The van der Waals surface area contributed by atoms with E-state index in [1.807, 2.05) is 30.3 Å². The van der Waals surface area contributed by atoms with E-state index in [1.165, 1.54) is 0 Å². The van der Waals surface area contributed by atoms with Crippen molar-refractivity contribution in [3.63, 3.8) is 0 Å². The highest BCUT2D eigenvalue weighted by molar-refractivity contribution is 5.83. The van der Waals surface area contributed by atoms with E-state index >= 15 is 0 Å². The van der Waals surface area contributed by atoms with Gasteiger partial charge < -0.3 is 10.1 Å². The maximum Gasteiger partial charge on any atom is 0.119 e. The van der Waals surface area contributed by atoms with Gasteiger partial charge >= 0.3 is 0 Å². The molecule has 0 heterocycles. The number of nitrogens with one attached hydrogen (secondary N) is 1. The molecule has 0 saturated heterocycles. The summed E-state index contributed by atoms with van der Waals surface area (Å²) in [5.74, 6) is 1.49. The number of para-hydroxylation sites is 1. The predicted octanol–water partition coefficient (Wildman–Crippen LogP) is 2.89. The molecule has 1 aliphatic carbocycles. The van der Waals surface area contributed by atoms with Crippen LogP contribution in [0.25, 0.3) is 0 Å². The molecule has 1 saturated carbocycles. The minimum Gasteiger partial charge on any atom is -0.493 e. The Hall–Kier alpha value is -1.31. The van der Waals surface area contributed by atoms with E-state index in [1.54, 1.807) is 0 Å². The zero-order valence-corrected chi connectivity index (χ0v) is 8.20. The molecule has 1 aromatic carbocycles. The lowest BCUT2D eigenvalue weighted by Crippen LogP contribution is -2.08. The fourth-order valence-electron chi connectivity index (χ4n) is 1.80. The highest BCUT2D eigenvalue weighted by Crippen LogP contribution is 2.23. The van der Waals surface area contributed by atoms with Crippen LogP contribution in [0.1, 0.15) is 19.3 Å². The molecule has 74 valence electrons. The number of benzene rings is 1. The molecule has 0 aromatic heterocycles. The van der Waals surface area contributed by atoms with Crippen molar-refractivity contribution >= 4 is 5.71 Å². The second kappa shape index (κ2) is 4.27. The zero-order valence-electron chi connectivity index (χ0n) is 8.20. The van der Waals surface area contributed by atoms with Crippen molar-refractivity contribution in [1.82, 2.24) is 0 Å². The largest absolute Gasteiger partial charge is 0.493 e.